The van der Waals surface area contributed by atoms with Crippen LogP contribution in [-0.4, -0.2) is 75.9 Å². The Bertz CT molecular complexity index is 1200. The predicted octanol–water partition coefficient (Wildman–Crippen LogP) is 9.31. The van der Waals surface area contributed by atoms with Crippen LogP contribution in [0.2, 0.25) is 19.4 Å². The van der Waals surface area contributed by atoms with Crippen molar-refractivity contribution in [1.29, 1.82) is 0 Å². The Morgan fingerprint density at radius 3 is 1.28 bits per heavy atom. The van der Waals surface area contributed by atoms with E-state index in [0.29, 0.717) is 0 Å². The van der Waals surface area contributed by atoms with E-state index in [-0.39, 0.29) is 16.2 Å². The van der Waals surface area contributed by atoms with Crippen molar-refractivity contribution in [3.63, 3.8) is 0 Å². The predicted molar refractivity (Wildman–Crippen MR) is 201 cm³/mol. The zero-order chi connectivity index (χ0) is 32.7. The van der Waals surface area contributed by atoms with Crippen molar-refractivity contribution in [2.75, 3.05) is 45.2 Å². The average Bonchev–Trinajstić information content (AvgIpc) is 3.00. The van der Waals surface area contributed by atoms with Crippen molar-refractivity contribution in [2.24, 2.45) is 0 Å². The van der Waals surface area contributed by atoms with Crippen LogP contribution in [0.5, 0.6) is 0 Å². The molecule has 0 N–H and O–H groups in total. The van der Waals surface area contributed by atoms with E-state index in [4.69, 9.17) is 13.3 Å². The SMILES string of the molecule is CC(C)([CH2][Sn]([CH2]C(C)(C)c1ccccc1)([CH2]C(C)(C)c1ccccc1)[S]CCC[Si]12OCCN(CCO1)CCO2)c1ccccc1. The monoisotopic (exact) mass is 767 g/mol. The molecular formula is C39H57NO3SSiSn. The van der Waals surface area contributed by atoms with Gasteiger partial charge in [0.25, 0.3) is 0 Å². The zero-order valence-electron chi connectivity index (χ0n) is 29.2. The van der Waals surface area contributed by atoms with Crippen LogP contribution in [0.25, 0.3) is 0 Å². The van der Waals surface area contributed by atoms with Gasteiger partial charge in [0.05, 0.1) is 0 Å². The van der Waals surface area contributed by atoms with Gasteiger partial charge in [-0.25, -0.2) is 0 Å². The third-order valence-corrected chi connectivity index (χ3v) is 37.2. The van der Waals surface area contributed by atoms with Crippen LogP contribution in [0.3, 0.4) is 0 Å². The van der Waals surface area contributed by atoms with Crippen molar-refractivity contribution in [3.8, 4) is 0 Å². The molecule has 3 saturated heterocycles. The molecule has 4 nitrogen and oxygen atoms in total. The summed E-state index contributed by atoms with van der Waals surface area (Å²) in [6.07, 6.45) is 1.09. The molecule has 0 saturated carbocycles. The summed E-state index contributed by atoms with van der Waals surface area (Å²) in [7, 11) is -0.223. The molecule has 0 aliphatic carbocycles. The molecule has 0 unspecified atom stereocenters. The van der Waals surface area contributed by atoms with Gasteiger partial charge in [-0.3, -0.25) is 0 Å². The van der Waals surface area contributed by atoms with Gasteiger partial charge in [0.2, 0.25) is 0 Å². The molecule has 0 aromatic heterocycles. The Morgan fingerprint density at radius 1 is 0.587 bits per heavy atom. The second-order valence-corrected chi connectivity index (χ2v) is 37.0. The van der Waals surface area contributed by atoms with E-state index in [1.54, 1.807) is 0 Å². The minimum absolute atomic E-state index is 0.0948. The van der Waals surface area contributed by atoms with Crippen molar-refractivity contribution in [2.45, 2.75) is 83.6 Å². The summed E-state index contributed by atoms with van der Waals surface area (Å²) in [5.74, 6) is 1.15. The molecule has 250 valence electrons. The van der Waals surface area contributed by atoms with Crippen LogP contribution in [0.4, 0.5) is 0 Å². The first-order chi connectivity index (χ1) is 21.9. The molecule has 0 radical (unpaired) electrons. The minimum atomic E-state index is -3.16. The Hall–Kier alpha value is -1.13. The molecule has 3 aliphatic rings. The van der Waals surface area contributed by atoms with E-state index < -0.39 is 25.8 Å². The average molecular weight is 767 g/mol. The second kappa shape index (κ2) is 15.6. The molecule has 3 heterocycles. The third-order valence-electron chi connectivity index (χ3n) is 10.2. The number of hydrogen-bond donors (Lipinski definition) is 0. The number of nitrogens with zero attached hydrogens (tertiary/aromatic N) is 1. The maximum atomic E-state index is 6.45. The third kappa shape index (κ3) is 9.51. The van der Waals surface area contributed by atoms with Gasteiger partial charge in [-0.2, -0.15) is 0 Å². The van der Waals surface area contributed by atoms with Gasteiger partial charge in [-0.15, -0.1) is 0 Å². The topological polar surface area (TPSA) is 30.9 Å². The summed E-state index contributed by atoms with van der Waals surface area (Å²) in [4.78, 5) is 2.40. The van der Waals surface area contributed by atoms with Crippen molar-refractivity contribution in [3.05, 3.63) is 108 Å². The van der Waals surface area contributed by atoms with E-state index in [2.05, 4.69) is 146 Å². The molecule has 3 aromatic carbocycles. The van der Waals surface area contributed by atoms with Gasteiger partial charge in [-0.1, -0.05) is 0 Å². The summed E-state index contributed by atoms with van der Waals surface area (Å²) in [6.45, 7) is 20.2. The first-order valence-electron chi connectivity index (χ1n) is 17.4. The van der Waals surface area contributed by atoms with Crippen LogP contribution < -0.4 is 0 Å². The van der Waals surface area contributed by atoms with Crippen molar-refractivity contribution in [1.82, 2.24) is 4.90 Å². The summed E-state index contributed by atoms with van der Waals surface area (Å²) in [6, 6.07) is 34.8. The molecule has 3 aromatic rings. The molecule has 2 bridgehead atoms. The van der Waals surface area contributed by atoms with Crippen molar-refractivity contribution >= 4 is 34.7 Å². The molecule has 0 amide bonds. The fraction of sp³-hybridized carbons (Fsp3) is 0.538. The fourth-order valence-corrected chi connectivity index (χ4v) is 43.2. The molecule has 3 aliphatic heterocycles. The molecule has 0 spiro atoms. The molecule has 7 heteroatoms. The van der Waals surface area contributed by atoms with E-state index in [9.17, 15) is 0 Å². The zero-order valence-corrected chi connectivity index (χ0v) is 33.9. The molecule has 3 fully saturated rings. The number of benzene rings is 3. The van der Waals surface area contributed by atoms with Crippen LogP contribution >= 0.6 is 8.95 Å². The Kier molecular flexibility index (Phi) is 12.3. The van der Waals surface area contributed by atoms with E-state index in [0.717, 1.165) is 57.7 Å². The standard InChI is InChI=1S/3C10H13.C9H19NO3SSi.Sn/c3*1-10(2,3)9-7-5-4-6-8-9;14-8-1-9-15-11-5-2-10(3-6-12-15)4-7-13-15;/h3*4-8H,1H2,2-3H3;14H,1-9H2;/q;;;;+1/p-1. The Balaban J connectivity index is 1.47. The molecule has 6 rings (SSSR count). The molecule has 0 atom stereocenters. The molecule has 46 heavy (non-hydrogen) atoms. The first kappa shape index (κ1) is 36.2. The quantitative estimate of drug-likeness (QED) is 0.121. The van der Waals surface area contributed by atoms with Crippen LogP contribution in [0.1, 0.15) is 64.7 Å². The van der Waals surface area contributed by atoms with Gasteiger partial charge in [0.15, 0.2) is 0 Å². The van der Waals surface area contributed by atoms with Crippen molar-refractivity contribution < 1.29 is 13.3 Å². The first-order valence-corrected chi connectivity index (χ1v) is 29.8. The Morgan fingerprint density at radius 2 is 0.935 bits per heavy atom. The fourth-order valence-electron chi connectivity index (χ4n) is 7.98. The summed E-state index contributed by atoms with van der Waals surface area (Å²) < 4.78 is 23.2. The Labute approximate surface area is 287 Å². The maximum absolute atomic E-state index is 6.45. The van der Waals surface area contributed by atoms with E-state index in [1.165, 1.54) is 30.0 Å². The van der Waals surface area contributed by atoms with Crippen LogP contribution in [-0.2, 0) is 29.5 Å². The summed E-state index contributed by atoms with van der Waals surface area (Å²) in [5, 5.41) is 0. The van der Waals surface area contributed by atoms with Crippen LogP contribution in [0.15, 0.2) is 91.0 Å². The number of rotatable bonds is 14. The van der Waals surface area contributed by atoms with Gasteiger partial charge < -0.3 is 0 Å². The van der Waals surface area contributed by atoms with E-state index in [1.807, 2.05) is 0 Å². The van der Waals surface area contributed by atoms with Crippen LogP contribution in [0, 0.1) is 0 Å². The number of hydrogen-bond acceptors (Lipinski definition) is 5. The number of fused-ring (bicyclic) bond motifs is 6. The molecular weight excluding hydrogens is 709 g/mol. The summed E-state index contributed by atoms with van der Waals surface area (Å²) in [5.41, 5.74) is 4.68. The van der Waals surface area contributed by atoms with Gasteiger partial charge in [-0.05, 0) is 0 Å². The van der Waals surface area contributed by atoms with Gasteiger partial charge in [0.1, 0.15) is 0 Å². The van der Waals surface area contributed by atoms with Gasteiger partial charge in [0, 0.05) is 0 Å². The van der Waals surface area contributed by atoms with E-state index >= 15 is 0 Å². The second-order valence-electron chi connectivity index (χ2n) is 15.5. The normalized spacial score (nSPS) is 21.4. The van der Waals surface area contributed by atoms with Gasteiger partial charge >= 0.3 is 289 Å². The summed E-state index contributed by atoms with van der Waals surface area (Å²) >= 11 is -3.16.